The molecule has 4 heteroatoms. The topological polar surface area (TPSA) is 49.4 Å². The molecular weight excluding hydrogens is 264 g/mol. The molecular formula is C17H32N2O2. The van der Waals surface area contributed by atoms with Gasteiger partial charge in [0.25, 0.3) is 0 Å². The summed E-state index contributed by atoms with van der Waals surface area (Å²) in [5.74, 6) is 0.638. The first-order valence-electron chi connectivity index (χ1n) is 8.67. The minimum Gasteiger partial charge on any atom is -0.356 e. The lowest BCUT2D eigenvalue weighted by Gasteiger charge is -2.18. The van der Waals surface area contributed by atoms with Crippen LogP contribution in [0.4, 0.5) is 0 Å². The van der Waals surface area contributed by atoms with Crippen molar-refractivity contribution in [2.45, 2.75) is 65.7 Å². The Bertz CT molecular complexity index is 331. The van der Waals surface area contributed by atoms with Crippen molar-refractivity contribution in [3.05, 3.63) is 0 Å². The van der Waals surface area contributed by atoms with Crippen molar-refractivity contribution in [1.82, 2.24) is 10.2 Å². The normalized spacial score (nSPS) is 19.9. The lowest BCUT2D eigenvalue weighted by molar-refractivity contribution is -0.129. The molecule has 2 atom stereocenters. The fourth-order valence-electron chi connectivity index (χ4n) is 2.85. The third kappa shape index (κ3) is 6.06. The van der Waals surface area contributed by atoms with Crippen molar-refractivity contribution in [3.63, 3.8) is 0 Å². The fourth-order valence-corrected chi connectivity index (χ4v) is 2.85. The van der Waals surface area contributed by atoms with E-state index in [0.29, 0.717) is 18.9 Å². The highest BCUT2D eigenvalue weighted by molar-refractivity contribution is 5.89. The van der Waals surface area contributed by atoms with Crippen LogP contribution in [0.1, 0.15) is 65.7 Å². The largest absolute Gasteiger partial charge is 0.356 e. The van der Waals surface area contributed by atoms with E-state index in [1.165, 1.54) is 19.3 Å². The Hall–Kier alpha value is -1.06. The number of carbonyl (C=O) groups excluding carboxylic acids is 2. The summed E-state index contributed by atoms with van der Waals surface area (Å²) in [7, 11) is 0. The first-order valence-corrected chi connectivity index (χ1v) is 8.67. The van der Waals surface area contributed by atoms with Gasteiger partial charge in [-0.2, -0.15) is 0 Å². The van der Waals surface area contributed by atoms with Crippen LogP contribution in [0.3, 0.4) is 0 Å². The van der Waals surface area contributed by atoms with Crippen LogP contribution in [0, 0.1) is 11.8 Å². The van der Waals surface area contributed by atoms with E-state index in [1.54, 1.807) is 0 Å². The molecule has 122 valence electrons. The van der Waals surface area contributed by atoms with E-state index in [0.717, 1.165) is 32.4 Å². The number of amides is 2. The Morgan fingerprint density at radius 2 is 2.00 bits per heavy atom. The summed E-state index contributed by atoms with van der Waals surface area (Å²) < 4.78 is 0. The zero-order valence-corrected chi connectivity index (χ0v) is 14.0. The summed E-state index contributed by atoms with van der Waals surface area (Å²) in [6.45, 7) is 8.66. The zero-order valence-electron chi connectivity index (χ0n) is 14.0. The van der Waals surface area contributed by atoms with Gasteiger partial charge < -0.3 is 10.2 Å². The van der Waals surface area contributed by atoms with E-state index in [1.807, 2.05) is 4.90 Å². The number of hydrogen-bond donors (Lipinski definition) is 1. The van der Waals surface area contributed by atoms with Gasteiger partial charge in [-0.3, -0.25) is 9.59 Å². The first kappa shape index (κ1) is 18.0. The molecule has 1 rings (SSSR count). The molecule has 1 saturated heterocycles. The fraction of sp³-hybridized carbons (Fsp3) is 0.882. The summed E-state index contributed by atoms with van der Waals surface area (Å²) in [5, 5.41) is 3.06. The molecule has 1 heterocycles. The van der Waals surface area contributed by atoms with E-state index < -0.39 is 0 Å². The van der Waals surface area contributed by atoms with Gasteiger partial charge >= 0.3 is 0 Å². The number of unbranched alkanes of at least 4 members (excludes halogenated alkanes) is 2. The van der Waals surface area contributed by atoms with Gasteiger partial charge in [-0.25, -0.2) is 0 Å². The van der Waals surface area contributed by atoms with Crippen molar-refractivity contribution in [1.29, 1.82) is 0 Å². The van der Waals surface area contributed by atoms with Gasteiger partial charge in [0, 0.05) is 26.1 Å². The van der Waals surface area contributed by atoms with Crippen molar-refractivity contribution in [2.75, 3.05) is 19.6 Å². The average molecular weight is 296 g/mol. The second-order valence-electron chi connectivity index (χ2n) is 6.26. The molecule has 0 aromatic carbocycles. The highest BCUT2D eigenvalue weighted by Crippen LogP contribution is 2.19. The van der Waals surface area contributed by atoms with Gasteiger partial charge in [-0.15, -0.1) is 0 Å². The maximum Gasteiger partial charge on any atom is 0.225 e. The second-order valence-corrected chi connectivity index (χ2v) is 6.26. The van der Waals surface area contributed by atoms with Crippen LogP contribution in [0.5, 0.6) is 0 Å². The predicted octanol–water partition coefficient (Wildman–Crippen LogP) is 2.97. The maximum absolute atomic E-state index is 12.2. The number of nitrogens with zero attached hydrogens (tertiary/aromatic N) is 1. The van der Waals surface area contributed by atoms with Crippen LogP contribution in [0.15, 0.2) is 0 Å². The number of rotatable bonds is 10. The maximum atomic E-state index is 12.2. The van der Waals surface area contributed by atoms with Crippen LogP contribution < -0.4 is 5.32 Å². The van der Waals surface area contributed by atoms with Gasteiger partial charge in [0.2, 0.25) is 11.8 Å². The molecule has 0 aromatic heterocycles. The van der Waals surface area contributed by atoms with Crippen LogP contribution in [0.2, 0.25) is 0 Å². The number of hydrogen-bond acceptors (Lipinski definition) is 2. The van der Waals surface area contributed by atoms with Gasteiger partial charge in [0.05, 0.1) is 5.92 Å². The second kappa shape index (κ2) is 9.80. The molecule has 1 N–H and O–H groups in total. The van der Waals surface area contributed by atoms with Crippen molar-refractivity contribution >= 4 is 11.8 Å². The third-order valence-electron chi connectivity index (χ3n) is 4.48. The van der Waals surface area contributed by atoms with Crippen molar-refractivity contribution in [3.8, 4) is 0 Å². The molecule has 2 amide bonds. The van der Waals surface area contributed by atoms with Crippen LogP contribution in [-0.2, 0) is 9.59 Å². The number of carbonyl (C=O) groups is 2. The van der Waals surface area contributed by atoms with E-state index in [4.69, 9.17) is 0 Å². The van der Waals surface area contributed by atoms with Gasteiger partial charge in [0.15, 0.2) is 0 Å². The van der Waals surface area contributed by atoms with Gasteiger partial charge in [0.1, 0.15) is 0 Å². The van der Waals surface area contributed by atoms with E-state index in [9.17, 15) is 9.59 Å². The molecule has 0 spiro atoms. The SMILES string of the molecule is CCCCC(CC)CNC(=O)C1CC(=O)N(CCCC)C1. The minimum atomic E-state index is -0.141. The Morgan fingerprint density at radius 1 is 1.29 bits per heavy atom. The number of nitrogens with one attached hydrogen (secondary N) is 1. The van der Waals surface area contributed by atoms with E-state index in [-0.39, 0.29) is 17.7 Å². The third-order valence-corrected chi connectivity index (χ3v) is 4.48. The Kier molecular flexibility index (Phi) is 8.40. The van der Waals surface area contributed by atoms with E-state index in [2.05, 4.69) is 26.1 Å². The van der Waals surface area contributed by atoms with Crippen LogP contribution in [-0.4, -0.2) is 36.3 Å². The van der Waals surface area contributed by atoms with Crippen molar-refractivity contribution < 1.29 is 9.59 Å². The summed E-state index contributed by atoms with van der Waals surface area (Å²) in [6, 6.07) is 0. The molecule has 1 fully saturated rings. The highest BCUT2D eigenvalue weighted by Gasteiger charge is 2.33. The molecule has 1 aliphatic heterocycles. The summed E-state index contributed by atoms with van der Waals surface area (Å²) in [6.07, 6.45) is 7.20. The summed E-state index contributed by atoms with van der Waals surface area (Å²) in [4.78, 5) is 25.9. The molecule has 0 bridgehead atoms. The van der Waals surface area contributed by atoms with Crippen LogP contribution >= 0.6 is 0 Å². The monoisotopic (exact) mass is 296 g/mol. The van der Waals surface area contributed by atoms with E-state index >= 15 is 0 Å². The molecule has 0 aromatic rings. The number of likely N-dealkylation sites (tertiary alicyclic amines) is 1. The predicted molar refractivity (Wildman–Crippen MR) is 85.9 cm³/mol. The van der Waals surface area contributed by atoms with Crippen molar-refractivity contribution in [2.24, 2.45) is 11.8 Å². The zero-order chi connectivity index (χ0) is 15.7. The quantitative estimate of drug-likeness (QED) is 0.674. The molecule has 21 heavy (non-hydrogen) atoms. The Labute approximate surface area is 129 Å². The molecule has 0 radical (unpaired) electrons. The molecule has 2 unspecified atom stereocenters. The first-order chi connectivity index (χ1) is 10.1. The molecule has 0 aliphatic carbocycles. The minimum absolute atomic E-state index is 0.0669. The smallest absolute Gasteiger partial charge is 0.225 e. The lowest BCUT2D eigenvalue weighted by Crippen LogP contribution is -2.36. The summed E-state index contributed by atoms with van der Waals surface area (Å²) in [5.41, 5.74) is 0. The van der Waals surface area contributed by atoms with Gasteiger partial charge in [-0.05, 0) is 18.8 Å². The average Bonchev–Trinajstić information content (AvgIpc) is 2.86. The lowest BCUT2D eigenvalue weighted by atomic mass is 9.99. The molecule has 4 nitrogen and oxygen atoms in total. The van der Waals surface area contributed by atoms with Gasteiger partial charge in [-0.1, -0.05) is 46.5 Å². The highest BCUT2D eigenvalue weighted by atomic mass is 16.2. The Balaban J connectivity index is 2.33. The molecule has 0 saturated carbocycles. The molecule has 1 aliphatic rings. The van der Waals surface area contributed by atoms with Crippen LogP contribution in [0.25, 0.3) is 0 Å². The summed E-state index contributed by atoms with van der Waals surface area (Å²) >= 11 is 0. The standard InChI is InChI=1S/C17H32N2O2/c1-4-7-9-14(6-3)12-18-17(21)15-11-16(20)19(13-15)10-8-5-2/h14-15H,4-13H2,1-3H3,(H,18,21). The Morgan fingerprint density at radius 3 is 2.62 bits per heavy atom.